The fourth-order valence-electron chi connectivity index (χ4n) is 5.28. The number of hydrogen-bond donors (Lipinski definition) is 1. The number of anilines is 1. The number of alkyl halides is 1. The summed E-state index contributed by atoms with van der Waals surface area (Å²) < 4.78 is 24.5. The molecule has 1 aromatic carbocycles. The van der Waals surface area contributed by atoms with Crippen LogP contribution in [-0.2, 0) is 13.2 Å². The molecule has 0 amide bonds. The summed E-state index contributed by atoms with van der Waals surface area (Å²) in [7, 11) is 1.67. The number of piperidine rings is 1. The largest absolute Gasteiger partial charge is 0.493 e. The smallest absolute Gasteiger partial charge is 0.169 e. The van der Waals surface area contributed by atoms with Crippen LogP contribution in [0.3, 0.4) is 0 Å². The van der Waals surface area contributed by atoms with Crippen LogP contribution in [0.2, 0.25) is 0 Å². The maximum Gasteiger partial charge on any atom is 0.169 e. The zero-order valence-corrected chi connectivity index (χ0v) is 24.0. The first-order chi connectivity index (χ1) is 19.6. The van der Waals surface area contributed by atoms with Crippen molar-refractivity contribution >= 4 is 34.1 Å². The molecule has 9 nitrogen and oxygen atoms in total. The number of methoxy groups -OCH3 is 1. The summed E-state index contributed by atoms with van der Waals surface area (Å²) in [6, 6.07) is 7.53. The summed E-state index contributed by atoms with van der Waals surface area (Å²) in [5.41, 5.74) is 2.23. The molecule has 0 unspecified atom stereocenters. The molecule has 2 aliphatic rings. The topological polar surface area (TPSA) is 78.9 Å². The summed E-state index contributed by atoms with van der Waals surface area (Å²) in [6.45, 7) is 7.20. The van der Waals surface area contributed by atoms with Crippen molar-refractivity contribution in [2.24, 2.45) is 0 Å². The molecule has 40 heavy (non-hydrogen) atoms. The van der Waals surface area contributed by atoms with Crippen LogP contribution in [0, 0.1) is 0 Å². The molecule has 5 rings (SSSR count). The molecule has 0 spiro atoms. The maximum absolute atomic E-state index is 12.7. The van der Waals surface area contributed by atoms with Gasteiger partial charge in [0.2, 0.25) is 0 Å². The van der Waals surface area contributed by atoms with Crippen molar-refractivity contribution in [3.05, 3.63) is 48.0 Å². The lowest BCUT2D eigenvalue weighted by atomic mass is 10.1. The van der Waals surface area contributed by atoms with Crippen LogP contribution in [0.5, 0.6) is 11.5 Å². The Hall–Kier alpha value is -3.31. The van der Waals surface area contributed by atoms with Gasteiger partial charge >= 0.3 is 0 Å². The van der Waals surface area contributed by atoms with E-state index in [4.69, 9.17) is 21.7 Å². The summed E-state index contributed by atoms with van der Waals surface area (Å²) in [5, 5.41) is 4.94. The highest BCUT2D eigenvalue weighted by atomic mass is 32.1. The first-order valence-electron chi connectivity index (χ1n) is 14.1. The third-order valence-electron chi connectivity index (χ3n) is 7.56. The monoisotopic (exact) mass is 567 g/mol. The number of aromatic nitrogens is 3. The average Bonchev–Trinajstić information content (AvgIpc) is 3.02. The molecule has 0 radical (unpaired) electrons. The van der Waals surface area contributed by atoms with E-state index in [-0.39, 0.29) is 0 Å². The highest BCUT2D eigenvalue weighted by Crippen LogP contribution is 2.35. The van der Waals surface area contributed by atoms with Gasteiger partial charge in [0.25, 0.3) is 0 Å². The summed E-state index contributed by atoms with van der Waals surface area (Å²) in [6.07, 6.45) is 8.24. The molecule has 214 valence electrons. The first-order valence-corrected chi connectivity index (χ1v) is 14.5. The van der Waals surface area contributed by atoms with Crippen LogP contribution < -0.4 is 19.7 Å². The number of nitrogens with zero attached hydrogens (tertiary/aromatic N) is 6. The van der Waals surface area contributed by atoms with Crippen molar-refractivity contribution in [2.45, 2.75) is 38.9 Å². The number of benzene rings is 1. The second-order valence-electron chi connectivity index (χ2n) is 10.2. The number of fused-ring (bicyclic) bond motifs is 1. The molecule has 2 saturated heterocycles. The molecule has 2 fully saturated rings. The lowest BCUT2D eigenvalue weighted by molar-refractivity contribution is 0.203. The van der Waals surface area contributed by atoms with Crippen LogP contribution in [0.25, 0.3) is 10.9 Å². The molecule has 0 aliphatic carbocycles. The highest BCUT2D eigenvalue weighted by Gasteiger charge is 2.22. The van der Waals surface area contributed by atoms with Gasteiger partial charge < -0.3 is 29.5 Å². The number of likely N-dealkylation sites (tertiary alicyclic amines) is 1. The maximum atomic E-state index is 12.7. The normalized spacial score (nSPS) is 16.2. The molecule has 0 saturated carbocycles. The Labute approximate surface area is 240 Å². The predicted molar refractivity (Wildman–Crippen MR) is 159 cm³/mol. The Morgan fingerprint density at radius 1 is 1.00 bits per heavy atom. The molecular weight excluding hydrogens is 529 g/mol. The van der Waals surface area contributed by atoms with Crippen molar-refractivity contribution in [2.75, 3.05) is 64.4 Å². The number of halogens is 1. The van der Waals surface area contributed by atoms with Crippen molar-refractivity contribution in [3.8, 4) is 11.5 Å². The SMILES string of the molecule is COc1cc2c(N3CCN(C(=S)NCc4ccc(CF)nc4)CC3)ncnc2cc1OCCCN1CCCCC1. The Kier molecular flexibility index (Phi) is 9.77. The Morgan fingerprint density at radius 3 is 2.55 bits per heavy atom. The Morgan fingerprint density at radius 2 is 1.82 bits per heavy atom. The second kappa shape index (κ2) is 13.8. The minimum absolute atomic E-state index is 0.435. The van der Waals surface area contributed by atoms with Gasteiger partial charge in [0, 0.05) is 56.9 Å². The summed E-state index contributed by atoms with van der Waals surface area (Å²) >= 11 is 5.64. The lowest BCUT2D eigenvalue weighted by Crippen LogP contribution is -2.51. The molecule has 4 heterocycles. The van der Waals surface area contributed by atoms with E-state index < -0.39 is 6.67 Å². The molecular formula is C29H38FN7O2S. The first kappa shape index (κ1) is 28.2. The van der Waals surface area contributed by atoms with Gasteiger partial charge in [0.15, 0.2) is 16.6 Å². The summed E-state index contributed by atoms with van der Waals surface area (Å²) in [5.74, 6) is 2.30. The van der Waals surface area contributed by atoms with Gasteiger partial charge in [-0.3, -0.25) is 4.98 Å². The fraction of sp³-hybridized carbons (Fsp3) is 0.517. The third kappa shape index (κ3) is 7.06. The number of rotatable bonds is 10. The molecule has 11 heteroatoms. The quantitative estimate of drug-likeness (QED) is 0.287. The minimum atomic E-state index is -0.557. The minimum Gasteiger partial charge on any atom is -0.493 e. The third-order valence-corrected chi connectivity index (χ3v) is 7.96. The van der Waals surface area contributed by atoms with Crippen molar-refractivity contribution in [1.29, 1.82) is 0 Å². The van der Waals surface area contributed by atoms with Crippen LogP contribution in [0.1, 0.15) is 36.9 Å². The number of hydrogen-bond acceptors (Lipinski definition) is 8. The van der Waals surface area contributed by atoms with E-state index in [9.17, 15) is 4.39 Å². The van der Waals surface area contributed by atoms with Crippen molar-refractivity contribution in [1.82, 2.24) is 30.1 Å². The zero-order valence-electron chi connectivity index (χ0n) is 23.1. The van der Waals surface area contributed by atoms with E-state index in [1.54, 1.807) is 25.7 Å². The second-order valence-corrected chi connectivity index (χ2v) is 10.6. The fourth-order valence-corrected chi connectivity index (χ4v) is 5.53. The molecule has 0 atom stereocenters. The van der Waals surface area contributed by atoms with E-state index in [1.807, 2.05) is 18.2 Å². The molecule has 2 aromatic heterocycles. The molecule has 0 bridgehead atoms. The molecule has 1 N–H and O–H groups in total. The number of piperazine rings is 1. The van der Waals surface area contributed by atoms with Gasteiger partial charge in [-0.15, -0.1) is 0 Å². The van der Waals surface area contributed by atoms with E-state index in [1.165, 1.54) is 32.4 Å². The van der Waals surface area contributed by atoms with Gasteiger partial charge in [0.05, 0.1) is 24.9 Å². The van der Waals surface area contributed by atoms with Gasteiger partial charge in [-0.25, -0.2) is 14.4 Å². The summed E-state index contributed by atoms with van der Waals surface area (Å²) in [4.78, 5) is 20.2. The Balaban J connectivity index is 1.16. The van der Waals surface area contributed by atoms with Gasteiger partial charge in [0.1, 0.15) is 18.8 Å². The van der Waals surface area contributed by atoms with Gasteiger partial charge in [-0.05, 0) is 62.3 Å². The number of thiocarbonyl (C=S) groups is 1. The zero-order chi connectivity index (χ0) is 27.7. The van der Waals surface area contributed by atoms with Gasteiger partial charge in [-0.1, -0.05) is 12.5 Å². The van der Waals surface area contributed by atoms with Crippen LogP contribution >= 0.6 is 12.2 Å². The highest BCUT2D eigenvalue weighted by molar-refractivity contribution is 7.80. The number of nitrogens with one attached hydrogen (secondary N) is 1. The average molecular weight is 568 g/mol. The van der Waals surface area contributed by atoms with E-state index in [0.717, 1.165) is 61.4 Å². The van der Waals surface area contributed by atoms with E-state index >= 15 is 0 Å². The molecule has 2 aliphatic heterocycles. The molecule has 3 aromatic rings. The lowest BCUT2D eigenvalue weighted by Gasteiger charge is -2.37. The standard InChI is InChI=1S/C29H38FN7O2S/c1-38-26-16-24-25(17-27(26)39-15-5-10-35-8-3-2-4-9-35)33-21-34-28(24)36-11-13-37(14-12-36)29(40)32-20-22-6-7-23(18-30)31-19-22/h6-7,16-17,19,21H,2-5,8-15,18,20H2,1H3,(H,32,40). The van der Waals surface area contributed by atoms with Crippen molar-refractivity contribution < 1.29 is 13.9 Å². The number of ether oxygens (including phenoxy) is 2. The van der Waals surface area contributed by atoms with Gasteiger partial charge in [-0.2, -0.15) is 0 Å². The Bertz CT molecular complexity index is 1270. The van der Waals surface area contributed by atoms with Crippen LogP contribution in [0.4, 0.5) is 10.2 Å². The van der Waals surface area contributed by atoms with E-state index in [0.29, 0.717) is 35.5 Å². The number of pyridine rings is 1. The van der Waals surface area contributed by atoms with Crippen LogP contribution in [-0.4, -0.2) is 89.4 Å². The van der Waals surface area contributed by atoms with Crippen molar-refractivity contribution in [3.63, 3.8) is 0 Å². The van der Waals surface area contributed by atoms with E-state index in [2.05, 4.69) is 35.0 Å². The predicted octanol–water partition coefficient (Wildman–Crippen LogP) is 3.95. The van der Waals surface area contributed by atoms with Crippen LogP contribution in [0.15, 0.2) is 36.8 Å².